The van der Waals surface area contributed by atoms with E-state index in [1.165, 1.54) is 12.1 Å². The molecule has 1 unspecified atom stereocenters. The van der Waals surface area contributed by atoms with Crippen LogP contribution >= 0.6 is 0 Å². The number of ether oxygens (including phenoxy) is 1. The first-order valence-corrected chi connectivity index (χ1v) is 4.76. The van der Waals surface area contributed by atoms with Gasteiger partial charge in [0.2, 0.25) is 0 Å². The Morgan fingerprint density at radius 3 is 2.44 bits per heavy atom. The molecule has 86 valence electrons. The first-order valence-electron chi connectivity index (χ1n) is 4.76. The van der Waals surface area contributed by atoms with Gasteiger partial charge < -0.3 is 9.84 Å². The molecule has 1 atom stereocenters. The van der Waals surface area contributed by atoms with Gasteiger partial charge >= 0.3 is 6.61 Å². The molecule has 0 heterocycles. The molecule has 1 N–H and O–H groups in total. The normalized spacial score (nSPS) is 11.8. The van der Waals surface area contributed by atoms with Crippen LogP contribution < -0.4 is 4.74 Å². The zero-order valence-electron chi connectivity index (χ0n) is 8.78. The maximum atomic E-state index is 11.9. The van der Waals surface area contributed by atoms with Crippen molar-refractivity contribution < 1.29 is 18.6 Å². The zero-order chi connectivity index (χ0) is 12.0. The predicted octanol–water partition coefficient (Wildman–Crippen LogP) is 2.73. The van der Waals surface area contributed by atoms with E-state index in [1.54, 1.807) is 19.1 Å². The molecule has 0 bridgehead atoms. The molecule has 4 heteroatoms. The Balaban J connectivity index is 2.65. The van der Waals surface area contributed by atoms with Crippen molar-refractivity contribution in [3.63, 3.8) is 0 Å². The first-order chi connectivity index (χ1) is 7.63. The molecule has 0 aromatic heterocycles. The van der Waals surface area contributed by atoms with Gasteiger partial charge in [0, 0.05) is 6.42 Å². The molecular weight excluding hydrogens is 214 g/mol. The third kappa shape index (κ3) is 3.87. The molecule has 0 amide bonds. The maximum absolute atomic E-state index is 11.9. The monoisotopic (exact) mass is 226 g/mol. The van der Waals surface area contributed by atoms with Crippen LogP contribution in [0.4, 0.5) is 8.78 Å². The Bertz CT molecular complexity index is 376. The van der Waals surface area contributed by atoms with Gasteiger partial charge in [0.25, 0.3) is 0 Å². The number of benzene rings is 1. The summed E-state index contributed by atoms with van der Waals surface area (Å²) in [5.41, 5.74) is 0.629. The lowest BCUT2D eigenvalue weighted by Gasteiger charge is -2.09. The Morgan fingerprint density at radius 1 is 1.31 bits per heavy atom. The number of halogens is 2. The van der Waals surface area contributed by atoms with E-state index < -0.39 is 12.7 Å². The van der Waals surface area contributed by atoms with Crippen LogP contribution in [0.25, 0.3) is 0 Å². The molecule has 0 saturated carbocycles. The average Bonchev–Trinajstić information content (AvgIpc) is 2.26. The van der Waals surface area contributed by atoms with Crippen LogP contribution in [0.5, 0.6) is 5.75 Å². The summed E-state index contributed by atoms with van der Waals surface area (Å²) in [6, 6.07) is 5.87. The molecule has 0 radical (unpaired) electrons. The molecule has 1 rings (SSSR count). The Morgan fingerprint density at radius 2 is 1.94 bits per heavy atom. The maximum Gasteiger partial charge on any atom is 0.387 e. The summed E-state index contributed by atoms with van der Waals surface area (Å²) >= 11 is 0. The van der Waals surface area contributed by atoms with Crippen molar-refractivity contribution in [1.82, 2.24) is 0 Å². The van der Waals surface area contributed by atoms with E-state index in [0.717, 1.165) is 0 Å². The number of aliphatic hydroxyl groups is 1. The summed E-state index contributed by atoms with van der Waals surface area (Å²) in [5.74, 6) is 5.49. The molecule has 0 spiro atoms. The van der Waals surface area contributed by atoms with Gasteiger partial charge in [0.05, 0.1) is 6.10 Å². The Labute approximate surface area is 92.9 Å². The van der Waals surface area contributed by atoms with Crippen molar-refractivity contribution in [1.29, 1.82) is 0 Å². The molecule has 0 aliphatic carbocycles. The minimum absolute atomic E-state index is 0.0764. The molecule has 0 aliphatic heterocycles. The SMILES string of the molecule is CC#CCC(O)c1ccc(OC(F)F)cc1. The average molecular weight is 226 g/mol. The number of hydrogen-bond acceptors (Lipinski definition) is 2. The Kier molecular flexibility index (Phi) is 4.74. The second-order valence-electron chi connectivity index (χ2n) is 3.09. The van der Waals surface area contributed by atoms with Gasteiger partial charge in [-0.1, -0.05) is 12.1 Å². The fourth-order valence-corrected chi connectivity index (χ4v) is 1.19. The van der Waals surface area contributed by atoms with E-state index in [-0.39, 0.29) is 5.75 Å². The van der Waals surface area contributed by atoms with Crippen LogP contribution in [-0.4, -0.2) is 11.7 Å². The van der Waals surface area contributed by atoms with Gasteiger partial charge in [0.1, 0.15) is 5.75 Å². The summed E-state index contributed by atoms with van der Waals surface area (Å²) < 4.78 is 27.9. The van der Waals surface area contributed by atoms with E-state index in [2.05, 4.69) is 16.6 Å². The van der Waals surface area contributed by atoms with Crippen LogP contribution in [0, 0.1) is 11.8 Å². The molecule has 16 heavy (non-hydrogen) atoms. The molecule has 2 nitrogen and oxygen atoms in total. The minimum Gasteiger partial charge on any atom is -0.435 e. The summed E-state index contributed by atoms with van der Waals surface area (Å²) in [6.45, 7) is -1.14. The third-order valence-electron chi connectivity index (χ3n) is 1.96. The summed E-state index contributed by atoms with van der Waals surface area (Å²) in [4.78, 5) is 0. The van der Waals surface area contributed by atoms with Crippen LogP contribution in [0.2, 0.25) is 0 Å². The van der Waals surface area contributed by atoms with Crippen molar-refractivity contribution >= 4 is 0 Å². The van der Waals surface area contributed by atoms with Gasteiger partial charge in [-0.05, 0) is 24.6 Å². The standard InChI is InChI=1S/C12H12F2O2/c1-2-3-4-11(15)9-5-7-10(8-6-9)16-12(13)14/h5-8,11-12,15H,4H2,1H3. The molecule has 0 aliphatic rings. The van der Waals surface area contributed by atoms with E-state index in [0.29, 0.717) is 12.0 Å². The molecular formula is C12H12F2O2. The topological polar surface area (TPSA) is 29.5 Å². The highest BCUT2D eigenvalue weighted by Crippen LogP contribution is 2.20. The molecule has 0 fully saturated rings. The van der Waals surface area contributed by atoms with Crippen molar-refractivity contribution in [2.45, 2.75) is 26.1 Å². The second kappa shape index (κ2) is 6.09. The van der Waals surface area contributed by atoms with Crippen molar-refractivity contribution in [2.24, 2.45) is 0 Å². The van der Waals surface area contributed by atoms with Crippen LogP contribution in [0.1, 0.15) is 25.0 Å². The fourth-order valence-electron chi connectivity index (χ4n) is 1.19. The summed E-state index contributed by atoms with van der Waals surface area (Å²) in [6.07, 6.45) is -0.376. The number of hydrogen-bond donors (Lipinski definition) is 1. The highest BCUT2D eigenvalue weighted by Gasteiger charge is 2.07. The smallest absolute Gasteiger partial charge is 0.387 e. The highest BCUT2D eigenvalue weighted by atomic mass is 19.3. The highest BCUT2D eigenvalue weighted by molar-refractivity contribution is 5.29. The first kappa shape index (κ1) is 12.5. The lowest BCUT2D eigenvalue weighted by molar-refractivity contribution is -0.0498. The number of alkyl halides is 2. The second-order valence-corrected chi connectivity index (χ2v) is 3.09. The van der Waals surface area contributed by atoms with Gasteiger partial charge in [-0.15, -0.1) is 11.8 Å². The number of aliphatic hydroxyl groups excluding tert-OH is 1. The largest absolute Gasteiger partial charge is 0.435 e. The van der Waals surface area contributed by atoms with E-state index in [1.807, 2.05) is 0 Å². The number of rotatable bonds is 4. The van der Waals surface area contributed by atoms with Gasteiger partial charge in [-0.3, -0.25) is 0 Å². The van der Waals surface area contributed by atoms with Crippen LogP contribution in [0.3, 0.4) is 0 Å². The minimum atomic E-state index is -2.83. The van der Waals surface area contributed by atoms with Crippen molar-refractivity contribution in [3.8, 4) is 17.6 Å². The summed E-state index contributed by atoms with van der Waals surface area (Å²) in [7, 11) is 0. The van der Waals surface area contributed by atoms with Crippen molar-refractivity contribution in [2.75, 3.05) is 0 Å². The van der Waals surface area contributed by atoms with E-state index in [9.17, 15) is 13.9 Å². The van der Waals surface area contributed by atoms with Crippen LogP contribution in [-0.2, 0) is 0 Å². The summed E-state index contributed by atoms with van der Waals surface area (Å²) in [5, 5.41) is 9.63. The zero-order valence-corrected chi connectivity index (χ0v) is 8.78. The molecule has 1 aromatic rings. The van der Waals surface area contributed by atoms with Gasteiger partial charge in [-0.25, -0.2) is 0 Å². The van der Waals surface area contributed by atoms with Gasteiger partial charge in [0.15, 0.2) is 0 Å². The Hall–Kier alpha value is -1.60. The predicted molar refractivity (Wildman–Crippen MR) is 56.1 cm³/mol. The lowest BCUT2D eigenvalue weighted by atomic mass is 10.1. The molecule has 1 aromatic carbocycles. The lowest BCUT2D eigenvalue weighted by Crippen LogP contribution is -2.02. The van der Waals surface area contributed by atoms with Gasteiger partial charge in [-0.2, -0.15) is 8.78 Å². The van der Waals surface area contributed by atoms with E-state index >= 15 is 0 Å². The quantitative estimate of drug-likeness (QED) is 0.800. The molecule has 0 saturated heterocycles. The van der Waals surface area contributed by atoms with E-state index in [4.69, 9.17) is 0 Å². The van der Waals surface area contributed by atoms with Crippen LogP contribution in [0.15, 0.2) is 24.3 Å². The fraction of sp³-hybridized carbons (Fsp3) is 0.333. The third-order valence-corrected chi connectivity index (χ3v) is 1.96. The van der Waals surface area contributed by atoms with Crippen molar-refractivity contribution in [3.05, 3.63) is 29.8 Å².